The van der Waals surface area contributed by atoms with Crippen LogP contribution in [0.5, 0.6) is 0 Å². The Kier molecular flexibility index (Phi) is 5.05. The van der Waals surface area contributed by atoms with Gasteiger partial charge in [0.25, 0.3) is 0 Å². The number of rotatable bonds is 3. The molecule has 4 nitrogen and oxygen atoms in total. The molecular formula is C17H15F4NO3S. The van der Waals surface area contributed by atoms with Gasteiger partial charge in [-0.2, -0.15) is 17.5 Å². The minimum atomic E-state index is -4.53. The van der Waals surface area contributed by atoms with Gasteiger partial charge in [0.15, 0.2) is 0 Å². The molecule has 0 radical (unpaired) electrons. The first-order chi connectivity index (χ1) is 12.2. The van der Waals surface area contributed by atoms with Gasteiger partial charge in [-0.15, -0.1) is 0 Å². The van der Waals surface area contributed by atoms with Gasteiger partial charge < -0.3 is 4.74 Å². The molecule has 2 aromatic carbocycles. The minimum Gasteiger partial charge on any atom is -0.371 e. The summed E-state index contributed by atoms with van der Waals surface area (Å²) in [5, 5.41) is 0. The molecule has 1 atom stereocenters. The number of ether oxygens (including phenoxy) is 1. The molecule has 1 aliphatic rings. The van der Waals surface area contributed by atoms with Gasteiger partial charge in [-0.05, 0) is 42.0 Å². The third kappa shape index (κ3) is 3.89. The molecule has 0 spiro atoms. The number of benzene rings is 2. The van der Waals surface area contributed by atoms with Crippen LogP contribution in [-0.2, 0) is 20.9 Å². The molecule has 1 heterocycles. The summed E-state index contributed by atoms with van der Waals surface area (Å²) in [7, 11) is -3.96. The molecule has 0 aliphatic carbocycles. The van der Waals surface area contributed by atoms with Crippen LogP contribution >= 0.6 is 0 Å². The third-order valence-electron chi connectivity index (χ3n) is 4.09. The summed E-state index contributed by atoms with van der Waals surface area (Å²) in [5.74, 6) is -0.418. The van der Waals surface area contributed by atoms with Crippen molar-refractivity contribution in [3.63, 3.8) is 0 Å². The fraction of sp³-hybridized carbons (Fsp3) is 0.294. The van der Waals surface area contributed by atoms with Crippen molar-refractivity contribution >= 4 is 10.0 Å². The molecule has 2 aromatic rings. The molecule has 9 heteroatoms. The second-order valence-corrected chi connectivity index (χ2v) is 7.73. The first-order valence-corrected chi connectivity index (χ1v) is 9.16. The maximum Gasteiger partial charge on any atom is 0.416 e. The van der Waals surface area contributed by atoms with Gasteiger partial charge in [-0.3, -0.25) is 0 Å². The highest BCUT2D eigenvalue weighted by Crippen LogP contribution is 2.31. The van der Waals surface area contributed by atoms with Crippen LogP contribution in [0.1, 0.15) is 17.2 Å². The lowest BCUT2D eigenvalue weighted by Crippen LogP contribution is -2.42. The van der Waals surface area contributed by atoms with Crippen LogP contribution in [-0.4, -0.2) is 32.4 Å². The van der Waals surface area contributed by atoms with E-state index in [4.69, 9.17) is 4.74 Å². The molecule has 0 unspecified atom stereocenters. The zero-order chi connectivity index (χ0) is 18.9. The molecule has 1 saturated heterocycles. The predicted molar refractivity (Wildman–Crippen MR) is 85.3 cm³/mol. The Balaban J connectivity index is 1.81. The van der Waals surface area contributed by atoms with Gasteiger partial charge in [-0.1, -0.05) is 12.1 Å². The molecule has 0 amide bonds. The average molecular weight is 389 g/mol. The fourth-order valence-electron chi connectivity index (χ4n) is 2.69. The number of alkyl halides is 3. The summed E-state index contributed by atoms with van der Waals surface area (Å²) < 4.78 is 83.1. The van der Waals surface area contributed by atoms with E-state index in [1.165, 1.54) is 24.3 Å². The van der Waals surface area contributed by atoms with E-state index in [0.717, 1.165) is 28.6 Å². The van der Waals surface area contributed by atoms with Crippen molar-refractivity contribution in [2.24, 2.45) is 0 Å². The van der Waals surface area contributed by atoms with Gasteiger partial charge in [0.2, 0.25) is 10.0 Å². The zero-order valence-corrected chi connectivity index (χ0v) is 14.2. The summed E-state index contributed by atoms with van der Waals surface area (Å²) >= 11 is 0. The van der Waals surface area contributed by atoms with E-state index in [2.05, 4.69) is 0 Å². The number of sulfonamides is 1. The van der Waals surface area contributed by atoms with Crippen molar-refractivity contribution in [1.82, 2.24) is 4.31 Å². The smallest absolute Gasteiger partial charge is 0.371 e. The number of hydrogen-bond donors (Lipinski definition) is 0. The molecule has 0 N–H and O–H groups in total. The van der Waals surface area contributed by atoms with Crippen LogP contribution in [0, 0.1) is 5.82 Å². The van der Waals surface area contributed by atoms with E-state index in [1.54, 1.807) is 0 Å². The van der Waals surface area contributed by atoms with Gasteiger partial charge in [0, 0.05) is 13.1 Å². The SMILES string of the molecule is O=S(=O)(c1ccc(C(F)(F)F)cc1)N1CCO[C@@H](c2ccc(F)cc2)C1. The van der Waals surface area contributed by atoms with E-state index in [1.807, 2.05) is 0 Å². The quantitative estimate of drug-likeness (QED) is 0.754. The van der Waals surface area contributed by atoms with Crippen LogP contribution in [0.25, 0.3) is 0 Å². The summed E-state index contributed by atoms with van der Waals surface area (Å²) in [6.45, 7) is 0.206. The van der Waals surface area contributed by atoms with Crippen LogP contribution < -0.4 is 0 Å². The normalized spacial score (nSPS) is 19.5. The minimum absolute atomic E-state index is 0.00497. The fourth-order valence-corrected chi connectivity index (χ4v) is 4.11. The maximum atomic E-state index is 13.0. The predicted octanol–water partition coefficient (Wildman–Crippen LogP) is 3.61. The highest BCUT2D eigenvalue weighted by atomic mass is 32.2. The summed E-state index contributed by atoms with van der Waals surface area (Å²) in [6, 6.07) is 8.89. The lowest BCUT2D eigenvalue weighted by Gasteiger charge is -2.32. The summed E-state index contributed by atoms with van der Waals surface area (Å²) in [5.41, 5.74) is -0.290. The van der Waals surface area contributed by atoms with Crippen molar-refractivity contribution in [2.45, 2.75) is 17.2 Å². The van der Waals surface area contributed by atoms with Crippen molar-refractivity contribution in [3.05, 3.63) is 65.5 Å². The molecule has 0 aromatic heterocycles. The van der Waals surface area contributed by atoms with Crippen LogP contribution in [0.15, 0.2) is 53.4 Å². The van der Waals surface area contributed by atoms with Crippen molar-refractivity contribution < 1.29 is 30.7 Å². The Morgan fingerprint density at radius 1 is 1.00 bits per heavy atom. The molecule has 1 fully saturated rings. The Bertz CT molecular complexity index is 864. The molecule has 0 bridgehead atoms. The Morgan fingerprint density at radius 2 is 1.62 bits per heavy atom. The van der Waals surface area contributed by atoms with Crippen LogP contribution in [0.2, 0.25) is 0 Å². The molecule has 26 heavy (non-hydrogen) atoms. The Hall–Kier alpha value is -1.97. The standard InChI is InChI=1S/C17H15F4NO3S/c18-14-5-1-12(2-6-14)16-11-22(9-10-25-16)26(23,24)15-7-3-13(4-8-15)17(19,20)21/h1-8,16H,9-11H2/t16-/m1/s1. The zero-order valence-electron chi connectivity index (χ0n) is 13.4. The Morgan fingerprint density at radius 3 is 2.19 bits per heavy atom. The third-order valence-corrected chi connectivity index (χ3v) is 5.97. The van der Waals surface area contributed by atoms with Crippen LogP contribution in [0.3, 0.4) is 0 Å². The van der Waals surface area contributed by atoms with Gasteiger partial charge in [0.1, 0.15) is 5.82 Å². The molecule has 3 rings (SSSR count). The highest BCUT2D eigenvalue weighted by Gasteiger charge is 2.33. The molecular weight excluding hydrogens is 374 g/mol. The number of hydrogen-bond acceptors (Lipinski definition) is 3. The second kappa shape index (κ2) is 6.98. The Labute approximate surface area is 148 Å². The van der Waals surface area contributed by atoms with Gasteiger partial charge >= 0.3 is 6.18 Å². The number of nitrogens with zero attached hydrogens (tertiary/aromatic N) is 1. The lowest BCUT2D eigenvalue weighted by molar-refractivity contribution is -0.137. The van der Waals surface area contributed by atoms with E-state index < -0.39 is 33.7 Å². The lowest BCUT2D eigenvalue weighted by atomic mass is 10.1. The van der Waals surface area contributed by atoms with Gasteiger partial charge in [-0.25, -0.2) is 12.8 Å². The molecule has 1 aliphatic heterocycles. The average Bonchev–Trinajstić information content (AvgIpc) is 2.62. The monoisotopic (exact) mass is 389 g/mol. The highest BCUT2D eigenvalue weighted by molar-refractivity contribution is 7.89. The van der Waals surface area contributed by atoms with E-state index in [-0.39, 0.29) is 24.6 Å². The number of morpholine rings is 1. The second-order valence-electron chi connectivity index (χ2n) is 5.80. The van der Waals surface area contributed by atoms with Crippen LogP contribution in [0.4, 0.5) is 17.6 Å². The molecule has 140 valence electrons. The first-order valence-electron chi connectivity index (χ1n) is 7.72. The molecule has 0 saturated carbocycles. The van der Waals surface area contributed by atoms with Gasteiger partial charge in [0.05, 0.1) is 23.2 Å². The summed E-state index contributed by atoms with van der Waals surface area (Å²) in [4.78, 5) is -0.217. The van der Waals surface area contributed by atoms with Crippen molar-refractivity contribution in [1.29, 1.82) is 0 Å². The largest absolute Gasteiger partial charge is 0.416 e. The van der Waals surface area contributed by atoms with E-state index >= 15 is 0 Å². The number of halogens is 4. The van der Waals surface area contributed by atoms with E-state index in [0.29, 0.717) is 5.56 Å². The van der Waals surface area contributed by atoms with Crippen molar-refractivity contribution in [3.8, 4) is 0 Å². The first kappa shape index (κ1) is 18.8. The van der Waals surface area contributed by atoms with Crippen molar-refractivity contribution in [2.75, 3.05) is 19.7 Å². The topological polar surface area (TPSA) is 46.6 Å². The maximum absolute atomic E-state index is 13.0. The summed E-state index contributed by atoms with van der Waals surface area (Å²) in [6.07, 6.45) is -5.11. The van der Waals surface area contributed by atoms with E-state index in [9.17, 15) is 26.0 Å².